The second-order valence-electron chi connectivity index (χ2n) is 2.11. The second-order valence-corrected chi connectivity index (χ2v) is 2.11. The van der Waals surface area contributed by atoms with E-state index in [-0.39, 0.29) is 11.3 Å². The van der Waals surface area contributed by atoms with E-state index in [1.165, 1.54) is 19.2 Å². The fourth-order valence-corrected chi connectivity index (χ4v) is 0.735. The van der Waals surface area contributed by atoms with Gasteiger partial charge in [0.25, 0.3) is 0 Å². The number of hydrogen-bond donors (Lipinski definition) is 2. The highest BCUT2D eigenvalue weighted by molar-refractivity contribution is 6.58. The van der Waals surface area contributed by atoms with Crippen molar-refractivity contribution in [2.24, 2.45) is 0 Å². The van der Waals surface area contributed by atoms with E-state index in [0.29, 0.717) is 0 Å². The Bertz CT molecular complexity index is 281. The zero-order valence-corrected chi connectivity index (χ0v) is 6.36. The summed E-state index contributed by atoms with van der Waals surface area (Å²) in [4.78, 5) is 3.30. The summed E-state index contributed by atoms with van der Waals surface area (Å²) in [5.41, 5.74) is -0.268. The Hall–Kier alpha value is -1.14. The van der Waals surface area contributed by atoms with E-state index in [1.807, 2.05) is 0 Å². The minimum atomic E-state index is -1.84. The Morgan fingerprint density at radius 2 is 2.17 bits per heavy atom. The van der Waals surface area contributed by atoms with Gasteiger partial charge in [-0.1, -0.05) is 6.07 Å². The summed E-state index contributed by atoms with van der Waals surface area (Å²) in [6.07, 6.45) is 0. The Morgan fingerprint density at radius 3 is 2.58 bits per heavy atom. The molecule has 6 heteroatoms. The molecule has 0 fully saturated rings. The van der Waals surface area contributed by atoms with Crippen molar-refractivity contribution in [2.75, 3.05) is 7.11 Å². The number of nitrogens with zero attached hydrogens (tertiary/aromatic N) is 1. The maximum absolute atomic E-state index is 12.8. The van der Waals surface area contributed by atoms with Gasteiger partial charge in [0.05, 0.1) is 7.11 Å². The molecule has 0 spiro atoms. The molecule has 0 saturated carbocycles. The Labute approximate surface area is 68.8 Å². The molecule has 2 N–H and O–H groups in total. The zero-order valence-electron chi connectivity index (χ0n) is 6.36. The predicted molar refractivity (Wildman–Crippen MR) is 40.6 cm³/mol. The molecule has 1 heterocycles. The van der Waals surface area contributed by atoms with Gasteiger partial charge < -0.3 is 14.8 Å². The van der Waals surface area contributed by atoms with E-state index >= 15 is 0 Å². The highest BCUT2D eigenvalue weighted by atomic mass is 19.1. The molecule has 12 heavy (non-hydrogen) atoms. The lowest BCUT2D eigenvalue weighted by molar-refractivity contribution is 0.386. The van der Waals surface area contributed by atoms with E-state index < -0.39 is 13.1 Å². The molecular weight excluding hydrogens is 164 g/mol. The van der Waals surface area contributed by atoms with Crippen LogP contribution in [0, 0.1) is 5.95 Å². The molecule has 64 valence electrons. The van der Waals surface area contributed by atoms with Gasteiger partial charge in [-0.2, -0.15) is 9.37 Å². The average molecular weight is 171 g/mol. The molecular formula is C6H7BFNO3. The van der Waals surface area contributed by atoms with Crippen LogP contribution < -0.4 is 10.2 Å². The summed E-state index contributed by atoms with van der Waals surface area (Å²) in [5.74, 6) is -0.846. The molecule has 0 radical (unpaired) electrons. The smallest absolute Gasteiger partial charge is 0.481 e. The summed E-state index contributed by atoms with van der Waals surface area (Å²) in [7, 11) is -0.500. The van der Waals surface area contributed by atoms with Crippen LogP contribution in [0.5, 0.6) is 5.88 Å². The third-order valence-corrected chi connectivity index (χ3v) is 1.34. The SMILES string of the molecule is COc1ccc(B(O)O)c(F)n1. The van der Waals surface area contributed by atoms with Crippen molar-refractivity contribution in [3.8, 4) is 5.88 Å². The first kappa shape index (κ1) is 8.96. The van der Waals surface area contributed by atoms with Crippen LogP contribution in [0.1, 0.15) is 0 Å². The van der Waals surface area contributed by atoms with Crippen molar-refractivity contribution in [1.29, 1.82) is 0 Å². The standard InChI is InChI=1S/C6H7BFNO3/c1-12-5-3-2-4(7(10)11)6(8)9-5/h2-3,10-11H,1H3. The number of halogens is 1. The van der Waals surface area contributed by atoms with Crippen molar-refractivity contribution >= 4 is 12.6 Å². The van der Waals surface area contributed by atoms with Gasteiger partial charge in [-0.05, 0) is 0 Å². The van der Waals surface area contributed by atoms with Crippen molar-refractivity contribution in [3.63, 3.8) is 0 Å². The molecule has 4 nitrogen and oxygen atoms in total. The van der Waals surface area contributed by atoms with Crippen LogP contribution in [0.4, 0.5) is 4.39 Å². The molecule has 1 rings (SSSR count). The van der Waals surface area contributed by atoms with Gasteiger partial charge in [-0.15, -0.1) is 0 Å². The van der Waals surface area contributed by atoms with Gasteiger partial charge in [0, 0.05) is 11.5 Å². The first-order valence-corrected chi connectivity index (χ1v) is 3.21. The molecule has 0 atom stereocenters. The van der Waals surface area contributed by atoms with Crippen molar-refractivity contribution in [3.05, 3.63) is 18.1 Å². The molecule has 0 aliphatic heterocycles. The highest BCUT2D eigenvalue weighted by Gasteiger charge is 2.17. The largest absolute Gasteiger partial charge is 0.493 e. The van der Waals surface area contributed by atoms with Gasteiger partial charge in [-0.25, -0.2) is 0 Å². The topological polar surface area (TPSA) is 62.6 Å². The molecule has 0 amide bonds. The van der Waals surface area contributed by atoms with Crippen LogP contribution in [0.15, 0.2) is 12.1 Å². The molecule has 0 unspecified atom stereocenters. The normalized spacial score (nSPS) is 9.67. The van der Waals surface area contributed by atoms with E-state index in [4.69, 9.17) is 10.0 Å². The minimum absolute atomic E-state index is 0.0944. The molecule has 0 aliphatic carbocycles. The van der Waals surface area contributed by atoms with Crippen LogP contribution in [0.2, 0.25) is 0 Å². The lowest BCUT2D eigenvalue weighted by atomic mass is 9.81. The lowest BCUT2D eigenvalue weighted by Gasteiger charge is -2.02. The second kappa shape index (κ2) is 3.51. The van der Waals surface area contributed by atoms with E-state index in [9.17, 15) is 4.39 Å². The third-order valence-electron chi connectivity index (χ3n) is 1.34. The van der Waals surface area contributed by atoms with Crippen molar-refractivity contribution < 1.29 is 19.2 Å². The summed E-state index contributed by atoms with van der Waals surface area (Å²) in [6, 6.07) is 2.55. The van der Waals surface area contributed by atoms with Crippen LogP contribution in [-0.2, 0) is 0 Å². The van der Waals surface area contributed by atoms with Crippen molar-refractivity contribution in [2.45, 2.75) is 0 Å². The fourth-order valence-electron chi connectivity index (χ4n) is 0.735. The first-order chi connectivity index (χ1) is 5.65. The summed E-state index contributed by atoms with van der Waals surface area (Å²) < 4.78 is 17.4. The number of rotatable bonds is 2. The third kappa shape index (κ3) is 1.72. The molecule has 1 aromatic heterocycles. The van der Waals surface area contributed by atoms with Crippen LogP contribution >= 0.6 is 0 Å². The minimum Gasteiger partial charge on any atom is -0.481 e. The number of pyridine rings is 1. The maximum Gasteiger partial charge on any atom is 0.493 e. The van der Waals surface area contributed by atoms with Crippen molar-refractivity contribution in [1.82, 2.24) is 4.98 Å². The van der Waals surface area contributed by atoms with E-state index in [2.05, 4.69) is 9.72 Å². The van der Waals surface area contributed by atoms with Gasteiger partial charge in [0.15, 0.2) is 0 Å². The van der Waals surface area contributed by atoms with E-state index in [0.717, 1.165) is 0 Å². The summed E-state index contributed by atoms with van der Waals surface area (Å²) >= 11 is 0. The van der Waals surface area contributed by atoms with Gasteiger partial charge in [-0.3, -0.25) is 0 Å². The average Bonchev–Trinajstić information content (AvgIpc) is 2.03. The van der Waals surface area contributed by atoms with Gasteiger partial charge >= 0.3 is 7.12 Å². The zero-order chi connectivity index (χ0) is 9.14. The van der Waals surface area contributed by atoms with Crippen LogP contribution in [0.3, 0.4) is 0 Å². The van der Waals surface area contributed by atoms with Gasteiger partial charge in [0.1, 0.15) is 0 Å². The fraction of sp³-hybridized carbons (Fsp3) is 0.167. The predicted octanol–water partition coefficient (Wildman–Crippen LogP) is -1.09. The number of aromatic nitrogens is 1. The van der Waals surface area contributed by atoms with Gasteiger partial charge in [0.2, 0.25) is 11.8 Å². The Morgan fingerprint density at radius 1 is 1.50 bits per heavy atom. The van der Waals surface area contributed by atoms with Crippen LogP contribution in [0.25, 0.3) is 0 Å². The molecule has 0 saturated heterocycles. The molecule has 0 bridgehead atoms. The molecule has 1 aromatic rings. The number of ether oxygens (including phenoxy) is 1. The highest BCUT2D eigenvalue weighted by Crippen LogP contribution is 2.03. The lowest BCUT2D eigenvalue weighted by Crippen LogP contribution is -2.33. The number of hydrogen-bond acceptors (Lipinski definition) is 4. The van der Waals surface area contributed by atoms with E-state index in [1.54, 1.807) is 0 Å². The molecule has 0 aromatic carbocycles. The Kier molecular flexibility index (Phi) is 2.62. The Balaban J connectivity index is 3.03. The summed E-state index contributed by atoms with van der Waals surface area (Å²) in [6.45, 7) is 0. The maximum atomic E-state index is 12.8. The summed E-state index contributed by atoms with van der Waals surface area (Å²) in [5, 5.41) is 17.2. The molecule has 0 aliphatic rings. The van der Waals surface area contributed by atoms with Crippen LogP contribution in [-0.4, -0.2) is 29.3 Å². The quantitative estimate of drug-likeness (QED) is 0.438. The first-order valence-electron chi connectivity index (χ1n) is 3.21. The monoisotopic (exact) mass is 171 g/mol. The number of methoxy groups -OCH3 is 1.